The summed E-state index contributed by atoms with van der Waals surface area (Å²) in [7, 11) is 0. The van der Waals surface area contributed by atoms with E-state index in [1.54, 1.807) is 0 Å². The van der Waals surface area contributed by atoms with Crippen molar-refractivity contribution in [3.8, 4) is 0 Å². The number of carbonyl (C=O) groups is 1. The Hall–Kier alpha value is -0.620. The van der Waals surface area contributed by atoms with Crippen LogP contribution in [0, 0.1) is 10.5 Å². The van der Waals surface area contributed by atoms with Crippen LogP contribution in [-0.4, -0.2) is 36.5 Å². The quantitative estimate of drug-likeness (QED) is 0.807. The van der Waals surface area contributed by atoms with Crippen LogP contribution in [0.3, 0.4) is 0 Å². The maximum absolute atomic E-state index is 12.3. The highest BCUT2D eigenvalue weighted by Gasteiger charge is 2.21. The molecule has 0 aliphatic carbocycles. The van der Waals surface area contributed by atoms with Crippen molar-refractivity contribution in [2.75, 3.05) is 19.6 Å². The maximum atomic E-state index is 12.3. The number of benzene rings is 1. The second kappa shape index (κ2) is 7.41. The summed E-state index contributed by atoms with van der Waals surface area (Å²) >= 11 is 2.23. The van der Waals surface area contributed by atoms with Gasteiger partial charge in [0.1, 0.15) is 0 Å². The van der Waals surface area contributed by atoms with E-state index in [-0.39, 0.29) is 5.91 Å². The predicted octanol–water partition coefficient (Wildman–Crippen LogP) is 3.20. The van der Waals surface area contributed by atoms with Crippen molar-refractivity contribution in [3.05, 3.63) is 32.9 Å². The number of carbonyl (C=O) groups excluding carboxylic acids is 1. The molecule has 0 bridgehead atoms. The number of aryl methyl sites for hydroxylation is 1. The van der Waals surface area contributed by atoms with E-state index in [2.05, 4.69) is 39.7 Å². The molecule has 1 atom stereocenters. The summed E-state index contributed by atoms with van der Waals surface area (Å²) in [5, 5.41) is 3.12. The van der Waals surface area contributed by atoms with Crippen LogP contribution in [0.5, 0.6) is 0 Å². The third-order valence-electron chi connectivity index (χ3n) is 4.02. The Balaban J connectivity index is 1.96. The summed E-state index contributed by atoms with van der Waals surface area (Å²) in [6.07, 6.45) is 3.76. The Bertz CT molecular complexity index is 476. The summed E-state index contributed by atoms with van der Waals surface area (Å²) in [6, 6.07) is 6.51. The van der Waals surface area contributed by atoms with E-state index in [4.69, 9.17) is 0 Å². The first-order valence-electron chi connectivity index (χ1n) is 7.40. The molecule has 1 heterocycles. The molecule has 1 saturated heterocycles. The smallest absolute Gasteiger partial charge is 0.252 e. The second-order valence-corrected chi connectivity index (χ2v) is 6.63. The summed E-state index contributed by atoms with van der Waals surface area (Å²) < 4.78 is 1.02. The Labute approximate surface area is 135 Å². The molecule has 1 N–H and O–H groups in total. The van der Waals surface area contributed by atoms with Gasteiger partial charge < -0.3 is 5.32 Å². The number of likely N-dealkylation sites (tertiary alicyclic amines) is 1. The van der Waals surface area contributed by atoms with E-state index in [9.17, 15) is 4.79 Å². The lowest BCUT2D eigenvalue weighted by Crippen LogP contribution is -2.46. The Morgan fingerprint density at radius 2 is 2.25 bits per heavy atom. The van der Waals surface area contributed by atoms with Crippen molar-refractivity contribution in [1.82, 2.24) is 10.2 Å². The van der Waals surface area contributed by atoms with Gasteiger partial charge in [0.05, 0.1) is 5.56 Å². The number of nitrogens with one attached hydrogen (secondary N) is 1. The number of hydrogen-bond acceptors (Lipinski definition) is 2. The van der Waals surface area contributed by atoms with E-state index >= 15 is 0 Å². The topological polar surface area (TPSA) is 32.3 Å². The highest BCUT2D eigenvalue weighted by molar-refractivity contribution is 14.1. The van der Waals surface area contributed by atoms with Crippen LogP contribution >= 0.6 is 22.6 Å². The number of rotatable bonds is 4. The Kier molecular flexibility index (Phi) is 5.84. The minimum atomic E-state index is 0.0553. The maximum Gasteiger partial charge on any atom is 0.252 e. The van der Waals surface area contributed by atoms with E-state index in [0.717, 1.165) is 27.8 Å². The van der Waals surface area contributed by atoms with Gasteiger partial charge >= 0.3 is 0 Å². The number of nitrogens with zero attached hydrogens (tertiary/aromatic N) is 1. The molecule has 0 aromatic heterocycles. The van der Waals surface area contributed by atoms with Crippen LogP contribution in [0.4, 0.5) is 0 Å². The average Bonchev–Trinajstić information content (AvgIpc) is 2.47. The number of likely N-dealkylation sites (N-methyl/N-ethyl adjacent to an activating group) is 1. The van der Waals surface area contributed by atoms with Gasteiger partial charge in [0.25, 0.3) is 5.91 Å². The molecule has 1 aromatic carbocycles. The zero-order valence-electron chi connectivity index (χ0n) is 12.3. The van der Waals surface area contributed by atoms with E-state index in [0.29, 0.717) is 6.04 Å². The van der Waals surface area contributed by atoms with Gasteiger partial charge in [-0.25, -0.2) is 0 Å². The molecule has 20 heavy (non-hydrogen) atoms. The highest BCUT2D eigenvalue weighted by Crippen LogP contribution is 2.17. The Morgan fingerprint density at radius 3 is 3.00 bits per heavy atom. The van der Waals surface area contributed by atoms with E-state index in [1.807, 2.05) is 25.1 Å². The first kappa shape index (κ1) is 15.8. The summed E-state index contributed by atoms with van der Waals surface area (Å²) in [5.41, 5.74) is 1.92. The first-order chi connectivity index (χ1) is 9.61. The number of amides is 1. The average molecular weight is 386 g/mol. The molecule has 3 nitrogen and oxygen atoms in total. The fourth-order valence-electron chi connectivity index (χ4n) is 2.83. The molecule has 1 aromatic rings. The van der Waals surface area contributed by atoms with Crippen molar-refractivity contribution < 1.29 is 4.79 Å². The van der Waals surface area contributed by atoms with E-state index < -0.39 is 0 Å². The highest BCUT2D eigenvalue weighted by atomic mass is 127. The molecule has 2 rings (SSSR count). The van der Waals surface area contributed by atoms with Gasteiger partial charge in [-0.05, 0) is 67.6 Å². The van der Waals surface area contributed by atoms with Gasteiger partial charge in [-0.3, -0.25) is 9.69 Å². The number of halogens is 1. The second-order valence-electron chi connectivity index (χ2n) is 5.47. The van der Waals surface area contributed by atoms with Gasteiger partial charge in [0.15, 0.2) is 0 Å². The fourth-order valence-corrected chi connectivity index (χ4v) is 3.41. The van der Waals surface area contributed by atoms with Crippen molar-refractivity contribution >= 4 is 28.5 Å². The molecule has 4 heteroatoms. The third kappa shape index (κ3) is 3.95. The molecule has 0 spiro atoms. The number of piperidine rings is 1. The van der Waals surface area contributed by atoms with Gasteiger partial charge in [0.2, 0.25) is 0 Å². The summed E-state index contributed by atoms with van der Waals surface area (Å²) in [6.45, 7) is 7.22. The van der Waals surface area contributed by atoms with Gasteiger partial charge in [-0.2, -0.15) is 0 Å². The summed E-state index contributed by atoms with van der Waals surface area (Å²) in [5.74, 6) is 0.0553. The lowest BCUT2D eigenvalue weighted by atomic mass is 10.0. The molecule has 1 aliphatic heterocycles. The van der Waals surface area contributed by atoms with Crippen LogP contribution in [0.2, 0.25) is 0 Å². The lowest BCUT2D eigenvalue weighted by molar-refractivity contribution is 0.0917. The monoisotopic (exact) mass is 386 g/mol. The standard InChI is InChI=1S/C16H23IN2O/c1-3-19-9-5-4-6-13(19)11-18-16(20)14-10-12(2)7-8-15(14)17/h7-8,10,13H,3-6,9,11H2,1-2H3,(H,18,20). The first-order valence-corrected chi connectivity index (χ1v) is 8.48. The fraction of sp³-hybridized carbons (Fsp3) is 0.562. The van der Waals surface area contributed by atoms with Crippen molar-refractivity contribution in [3.63, 3.8) is 0 Å². The van der Waals surface area contributed by atoms with E-state index in [1.165, 1.54) is 25.8 Å². The van der Waals surface area contributed by atoms with Crippen LogP contribution < -0.4 is 5.32 Å². The molecule has 110 valence electrons. The van der Waals surface area contributed by atoms with Crippen LogP contribution in [-0.2, 0) is 0 Å². The molecule has 1 fully saturated rings. The van der Waals surface area contributed by atoms with Crippen LogP contribution in [0.1, 0.15) is 42.1 Å². The molecule has 1 unspecified atom stereocenters. The third-order valence-corrected chi connectivity index (χ3v) is 4.96. The zero-order valence-corrected chi connectivity index (χ0v) is 14.4. The van der Waals surface area contributed by atoms with Gasteiger partial charge in [0, 0.05) is 16.2 Å². The molecular weight excluding hydrogens is 363 g/mol. The number of hydrogen-bond donors (Lipinski definition) is 1. The normalized spacial score (nSPS) is 19.9. The summed E-state index contributed by atoms with van der Waals surface area (Å²) in [4.78, 5) is 14.8. The largest absolute Gasteiger partial charge is 0.350 e. The molecule has 0 radical (unpaired) electrons. The van der Waals surface area contributed by atoms with Crippen molar-refractivity contribution in [2.24, 2.45) is 0 Å². The lowest BCUT2D eigenvalue weighted by Gasteiger charge is -2.34. The molecule has 1 aliphatic rings. The van der Waals surface area contributed by atoms with Crippen molar-refractivity contribution in [1.29, 1.82) is 0 Å². The predicted molar refractivity (Wildman–Crippen MR) is 91.1 cm³/mol. The molecule has 1 amide bonds. The van der Waals surface area contributed by atoms with Crippen molar-refractivity contribution in [2.45, 2.75) is 39.2 Å². The van der Waals surface area contributed by atoms with Crippen LogP contribution in [0.25, 0.3) is 0 Å². The van der Waals surface area contributed by atoms with Gasteiger partial charge in [-0.15, -0.1) is 0 Å². The minimum absolute atomic E-state index is 0.0553. The zero-order chi connectivity index (χ0) is 14.5. The Morgan fingerprint density at radius 1 is 1.45 bits per heavy atom. The minimum Gasteiger partial charge on any atom is -0.350 e. The SMILES string of the molecule is CCN1CCCCC1CNC(=O)c1cc(C)ccc1I. The molecule has 0 saturated carbocycles. The molecular formula is C16H23IN2O. The van der Waals surface area contributed by atoms with Crippen LogP contribution in [0.15, 0.2) is 18.2 Å². The van der Waals surface area contributed by atoms with Gasteiger partial charge in [-0.1, -0.05) is 25.0 Å².